The van der Waals surface area contributed by atoms with Gasteiger partial charge in [-0.25, -0.2) is 4.98 Å². The van der Waals surface area contributed by atoms with Crippen molar-refractivity contribution < 1.29 is 0 Å². The maximum Gasteiger partial charge on any atom is 0.203 e. The van der Waals surface area contributed by atoms with E-state index in [0.717, 1.165) is 18.2 Å². The minimum Gasteiger partial charge on any atom is -0.352 e. The molecule has 1 aromatic heterocycles. The van der Waals surface area contributed by atoms with Crippen molar-refractivity contribution in [1.29, 1.82) is 0 Å². The lowest BCUT2D eigenvalue weighted by molar-refractivity contribution is 0.912. The maximum atomic E-state index is 4.25. The van der Waals surface area contributed by atoms with Crippen LogP contribution in [-0.2, 0) is 7.05 Å². The van der Waals surface area contributed by atoms with Crippen molar-refractivity contribution in [2.24, 2.45) is 7.05 Å². The van der Waals surface area contributed by atoms with E-state index in [4.69, 9.17) is 0 Å². The summed E-state index contributed by atoms with van der Waals surface area (Å²) in [4.78, 5) is 4.25. The van der Waals surface area contributed by atoms with Gasteiger partial charge in [0.05, 0.1) is 5.69 Å². The Balaban J connectivity index is 2.69. The molecule has 0 fully saturated rings. The summed E-state index contributed by atoms with van der Waals surface area (Å²) < 4.78 is 1.96. The van der Waals surface area contributed by atoms with Crippen molar-refractivity contribution in [3.05, 3.63) is 24.5 Å². The van der Waals surface area contributed by atoms with Crippen LogP contribution in [0.5, 0.6) is 0 Å². The number of nitrogens with zero attached hydrogens (tertiary/aromatic N) is 2. The average Bonchev–Trinajstić information content (AvgIpc) is 2.26. The Labute approximate surface area is 66.8 Å². The number of rotatable bonds is 3. The number of nitrogens with one attached hydrogen (secondary N) is 1. The largest absolute Gasteiger partial charge is 0.352 e. The van der Waals surface area contributed by atoms with Gasteiger partial charge in [0.25, 0.3) is 0 Å². The second-order valence-corrected chi connectivity index (χ2v) is 2.49. The van der Waals surface area contributed by atoms with Crippen LogP contribution in [0.3, 0.4) is 0 Å². The molecule has 3 heteroatoms. The predicted octanol–water partition coefficient (Wildman–Crippen LogP) is 1.33. The van der Waals surface area contributed by atoms with Gasteiger partial charge in [-0.15, -0.1) is 6.58 Å². The van der Waals surface area contributed by atoms with Gasteiger partial charge in [0.2, 0.25) is 5.95 Å². The molecule has 0 radical (unpaired) electrons. The van der Waals surface area contributed by atoms with Gasteiger partial charge in [0.15, 0.2) is 0 Å². The third-order valence-electron chi connectivity index (χ3n) is 1.40. The Morgan fingerprint density at radius 1 is 1.82 bits per heavy atom. The Morgan fingerprint density at radius 2 is 2.55 bits per heavy atom. The maximum absolute atomic E-state index is 4.25. The third kappa shape index (κ3) is 1.83. The molecule has 0 aromatic carbocycles. The third-order valence-corrected chi connectivity index (χ3v) is 1.40. The second-order valence-electron chi connectivity index (χ2n) is 2.49. The highest BCUT2D eigenvalue weighted by Gasteiger charge is 1.97. The van der Waals surface area contributed by atoms with E-state index in [1.165, 1.54) is 0 Å². The van der Waals surface area contributed by atoms with Crippen molar-refractivity contribution in [2.45, 2.75) is 6.92 Å². The predicted molar refractivity (Wildman–Crippen MR) is 46.6 cm³/mol. The Kier molecular flexibility index (Phi) is 2.31. The minimum absolute atomic E-state index is 0.754. The van der Waals surface area contributed by atoms with Crippen LogP contribution in [0.15, 0.2) is 18.9 Å². The lowest BCUT2D eigenvalue weighted by atomic mass is 10.6. The highest BCUT2D eigenvalue weighted by molar-refractivity contribution is 5.28. The monoisotopic (exact) mass is 151 g/mol. The molecule has 0 atom stereocenters. The normalized spacial score (nSPS) is 9.64. The molecule has 0 bridgehead atoms. The zero-order valence-corrected chi connectivity index (χ0v) is 6.96. The second kappa shape index (κ2) is 3.23. The zero-order chi connectivity index (χ0) is 8.27. The molecule has 0 unspecified atom stereocenters. The van der Waals surface area contributed by atoms with Gasteiger partial charge >= 0.3 is 0 Å². The van der Waals surface area contributed by atoms with Gasteiger partial charge in [-0.3, -0.25) is 0 Å². The van der Waals surface area contributed by atoms with Crippen LogP contribution in [0.1, 0.15) is 5.69 Å². The van der Waals surface area contributed by atoms with E-state index < -0.39 is 0 Å². The molecule has 1 aromatic rings. The van der Waals surface area contributed by atoms with E-state index >= 15 is 0 Å². The van der Waals surface area contributed by atoms with Gasteiger partial charge in [-0.1, -0.05) is 6.08 Å². The van der Waals surface area contributed by atoms with Crippen LogP contribution in [0.2, 0.25) is 0 Å². The fourth-order valence-corrected chi connectivity index (χ4v) is 0.944. The van der Waals surface area contributed by atoms with Crippen LogP contribution in [0.25, 0.3) is 0 Å². The molecule has 0 amide bonds. The number of hydrogen-bond donors (Lipinski definition) is 1. The molecule has 0 saturated carbocycles. The molecular weight excluding hydrogens is 138 g/mol. The summed E-state index contributed by atoms with van der Waals surface area (Å²) in [6.07, 6.45) is 3.79. The fourth-order valence-electron chi connectivity index (χ4n) is 0.944. The van der Waals surface area contributed by atoms with E-state index in [1.807, 2.05) is 30.8 Å². The summed E-state index contributed by atoms with van der Waals surface area (Å²) >= 11 is 0. The lowest BCUT2D eigenvalue weighted by Gasteiger charge is -2.00. The average molecular weight is 151 g/mol. The summed E-state index contributed by atoms with van der Waals surface area (Å²) in [6, 6.07) is 0. The molecule has 3 nitrogen and oxygen atoms in total. The standard InChI is InChI=1S/C8H13N3/c1-4-5-9-8-10-7(2)6-11(8)3/h4,6H,1,5H2,2-3H3,(H,9,10). The van der Waals surface area contributed by atoms with Crippen molar-refractivity contribution in [3.8, 4) is 0 Å². The molecule has 1 rings (SSSR count). The van der Waals surface area contributed by atoms with Gasteiger partial charge < -0.3 is 9.88 Å². The molecule has 0 aliphatic heterocycles. The molecule has 0 spiro atoms. The topological polar surface area (TPSA) is 29.9 Å². The van der Waals surface area contributed by atoms with Gasteiger partial charge in [-0.05, 0) is 6.92 Å². The van der Waals surface area contributed by atoms with E-state index in [9.17, 15) is 0 Å². The zero-order valence-electron chi connectivity index (χ0n) is 6.96. The molecule has 60 valence electrons. The minimum atomic E-state index is 0.754. The van der Waals surface area contributed by atoms with Crippen molar-refractivity contribution in [3.63, 3.8) is 0 Å². The van der Waals surface area contributed by atoms with Gasteiger partial charge in [0, 0.05) is 19.8 Å². The molecular formula is C8H13N3. The summed E-state index contributed by atoms with van der Waals surface area (Å²) in [7, 11) is 1.96. The number of hydrogen-bond acceptors (Lipinski definition) is 2. The summed E-state index contributed by atoms with van der Waals surface area (Å²) in [5.74, 6) is 0.891. The summed E-state index contributed by atoms with van der Waals surface area (Å²) in [5.41, 5.74) is 1.03. The Hall–Kier alpha value is -1.25. The Bertz CT molecular complexity index is 250. The summed E-state index contributed by atoms with van der Waals surface area (Å²) in [6.45, 7) is 6.34. The fraction of sp³-hybridized carbons (Fsp3) is 0.375. The number of aromatic nitrogens is 2. The van der Waals surface area contributed by atoms with Crippen LogP contribution >= 0.6 is 0 Å². The number of anilines is 1. The Morgan fingerprint density at radius 3 is 3.00 bits per heavy atom. The first-order chi connectivity index (χ1) is 5.24. The quantitative estimate of drug-likeness (QED) is 0.660. The van der Waals surface area contributed by atoms with E-state index in [1.54, 1.807) is 0 Å². The van der Waals surface area contributed by atoms with Crippen molar-refractivity contribution in [2.75, 3.05) is 11.9 Å². The lowest BCUT2D eigenvalue weighted by Crippen LogP contribution is -2.03. The van der Waals surface area contributed by atoms with Gasteiger partial charge in [-0.2, -0.15) is 0 Å². The molecule has 0 saturated heterocycles. The van der Waals surface area contributed by atoms with Crippen LogP contribution in [0.4, 0.5) is 5.95 Å². The first-order valence-electron chi connectivity index (χ1n) is 3.58. The number of aryl methyl sites for hydroxylation is 2. The van der Waals surface area contributed by atoms with E-state index in [2.05, 4.69) is 16.9 Å². The molecule has 11 heavy (non-hydrogen) atoms. The molecule has 1 heterocycles. The molecule has 1 N–H and O–H groups in total. The molecule has 0 aliphatic carbocycles. The molecule has 0 aliphatic rings. The number of imidazole rings is 1. The highest BCUT2D eigenvalue weighted by Crippen LogP contribution is 2.04. The first kappa shape index (κ1) is 7.85. The van der Waals surface area contributed by atoms with Crippen LogP contribution in [-0.4, -0.2) is 16.1 Å². The smallest absolute Gasteiger partial charge is 0.203 e. The van der Waals surface area contributed by atoms with Crippen LogP contribution < -0.4 is 5.32 Å². The van der Waals surface area contributed by atoms with Gasteiger partial charge in [0.1, 0.15) is 0 Å². The highest BCUT2D eigenvalue weighted by atomic mass is 15.2. The van der Waals surface area contributed by atoms with Crippen molar-refractivity contribution >= 4 is 5.95 Å². The van der Waals surface area contributed by atoms with E-state index in [-0.39, 0.29) is 0 Å². The van der Waals surface area contributed by atoms with Crippen molar-refractivity contribution in [1.82, 2.24) is 9.55 Å². The van der Waals surface area contributed by atoms with E-state index in [0.29, 0.717) is 0 Å². The summed E-state index contributed by atoms with van der Waals surface area (Å²) in [5, 5.41) is 3.12. The SMILES string of the molecule is C=CCNc1nc(C)cn1C. The first-order valence-corrected chi connectivity index (χ1v) is 3.58. The van der Waals surface area contributed by atoms with Crippen LogP contribution in [0, 0.1) is 6.92 Å².